The number of halogens is 1. The molecule has 2 aromatic carbocycles. The molecule has 0 fully saturated rings. The minimum Gasteiger partial charge on any atom is -0.491 e. The number of hydrogen-bond acceptors (Lipinski definition) is 9. The third-order valence-electron chi connectivity index (χ3n) is 10.1. The second kappa shape index (κ2) is 21.2. The molecule has 4 amide bonds. The van der Waals surface area contributed by atoms with Gasteiger partial charge in [-0.25, -0.2) is 4.79 Å². The summed E-state index contributed by atoms with van der Waals surface area (Å²) in [7, 11) is 1.49. The fourth-order valence-electron chi connectivity index (χ4n) is 6.85. The summed E-state index contributed by atoms with van der Waals surface area (Å²) in [5, 5.41) is 6.22. The number of fused-ring (bicyclic) bond motifs is 2. The van der Waals surface area contributed by atoms with Gasteiger partial charge in [0, 0.05) is 25.9 Å². The number of benzene rings is 2. The lowest BCUT2D eigenvalue weighted by atomic mass is 9.83. The van der Waals surface area contributed by atoms with Crippen molar-refractivity contribution in [2.45, 2.75) is 110 Å². The van der Waals surface area contributed by atoms with Gasteiger partial charge in [0.15, 0.2) is 0 Å². The van der Waals surface area contributed by atoms with E-state index in [0.717, 1.165) is 36.0 Å². The number of likely N-dealkylation sites (N-methyl/N-ethyl adjacent to an activating group) is 1. The summed E-state index contributed by atoms with van der Waals surface area (Å²) in [6.07, 6.45) is 2.32. The molecule has 316 valence electrons. The highest BCUT2D eigenvalue weighted by Gasteiger charge is 2.43. The van der Waals surface area contributed by atoms with Crippen LogP contribution in [-0.4, -0.2) is 117 Å². The van der Waals surface area contributed by atoms with Crippen molar-refractivity contribution in [2.75, 3.05) is 59.2 Å². The average Bonchev–Trinajstić information content (AvgIpc) is 3.16. The Morgan fingerprint density at radius 2 is 1.53 bits per heavy atom. The van der Waals surface area contributed by atoms with E-state index in [1.165, 1.54) is 17.5 Å². The first-order chi connectivity index (χ1) is 27.0. The first-order valence-corrected chi connectivity index (χ1v) is 20.5. The fraction of sp³-hybridized carbons (Fsp3) is 0.628. The second-order valence-corrected chi connectivity index (χ2v) is 17.1. The van der Waals surface area contributed by atoms with Gasteiger partial charge in [0.25, 0.3) is 0 Å². The molecule has 0 bridgehead atoms. The van der Waals surface area contributed by atoms with E-state index in [9.17, 15) is 19.2 Å². The van der Waals surface area contributed by atoms with Crippen LogP contribution in [0.4, 0.5) is 4.79 Å². The molecule has 0 spiro atoms. The van der Waals surface area contributed by atoms with Crippen LogP contribution in [0, 0.1) is 5.41 Å². The van der Waals surface area contributed by atoms with Crippen LogP contribution < -0.4 is 15.4 Å². The number of carbonyl (C=O) groups is 4. The Labute approximate surface area is 343 Å². The van der Waals surface area contributed by atoms with Crippen molar-refractivity contribution in [3.63, 3.8) is 0 Å². The molecule has 0 aromatic heterocycles. The molecule has 0 saturated heterocycles. The highest BCUT2D eigenvalue weighted by molar-refractivity contribution is 6.17. The number of nitrogens with one attached hydrogen (secondary N) is 2. The van der Waals surface area contributed by atoms with E-state index in [0.29, 0.717) is 57.9 Å². The number of amides is 4. The number of rotatable bonds is 18. The maximum Gasteiger partial charge on any atom is 0.410 e. The molecule has 1 unspecified atom stereocenters. The van der Waals surface area contributed by atoms with Gasteiger partial charge in [-0.3, -0.25) is 19.3 Å². The first-order valence-electron chi connectivity index (χ1n) is 20.0. The number of alkyl halides is 1. The highest BCUT2D eigenvalue weighted by Crippen LogP contribution is 2.33. The number of nitrogens with zero attached hydrogens (tertiary/aromatic N) is 2. The molecule has 0 saturated carbocycles. The van der Waals surface area contributed by atoms with Crippen molar-refractivity contribution >= 4 is 35.4 Å². The van der Waals surface area contributed by atoms with E-state index >= 15 is 0 Å². The zero-order chi connectivity index (χ0) is 41.8. The van der Waals surface area contributed by atoms with Crippen molar-refractivity contribution in [1.82, 2.24) is 20.4 Å². The van der Waals surface area contributed by atoms with Crippen LogP contribution in [0.5, 0.6) is 5.75 Å². The van der Waals surface area contributed by atoms with Gasteiger partial charge >= 0.3 is 6.09 Å². The minimum absolute atomic E-state index is 0.128. The Kier molecular flexibility index (Phi) is 17.0. The molecule has 2 aromatic rings. The van der Waals surface area contributed by atoms with Crippen LogP contribution in [0.2, 0.25) is 0 Å². The molecule has 2 N–H and O–H groups in total. The first kappa shape index (κ1) is 45.8. The Balaban J connectivity index is 1.51. The second-order valence-electron chi connectivity index (χ2n) is 16.7. The smallest absolute Gasteiger partial charge is 0.410 e. The van der Waals surface area contributed by atoms with Gasteiger partial charge < -0.3 is 39.2 Å². The maximum atomic E-state index is 14.8. The maximum absolute atomic E-state index is 14.8. The van der Waals surface area contributed by atoms with Gasteiger partial charge in [-0.15, -0.1) is 11.6 Å². The van der Waals surface area contributed by atoms with E-state index in [4.69, 9.17) is 35.3 Å². The number of carbonyl (C=O) groups excluding carboxylic acids is 4. The van der Waals surface area contributed by atoms with E-state index < -0.39 is 47.0 Å². The Hall–Kier alpha value is -3.91. The molecule has 0 radical (unpaired) electrons. The molecule has 2 aliphatic rings. The summed E-state index contributed by atoms with van der Waals surface area (Å²) in [5.74, 6) is -0.109. The zero-order valence-corrected chi connectivity index (χ0v) is 35.7. The predicted octanol–water partition coefficient (Wildman–Crippen LogP) is 5.59. The lowest BCUT2D eigenvalue weighted by molar-refractivity contribution is -0.147. The summed E-state index contributed by atoms with van der Waals surface area (Å²) < 4.78 is 27.9. The molecular formula is C43H63ClN4O9. The number of aryl methyl sites for hydroxylation is 1. The Morgan fingerprint density at radius 3 is 2.18 bits per heavy atom. The van der Waals surface area contributed by atoms with Crippen LogP contribution in [0.25, 0.3) is 0 Å². The van der Waals surface area contributed by atoms with Crippen molar-refractivity contribution in [3.05, 3.63) is 64.7 Å². The van der Waals surface area contributed by atoms with Crippen LogP contribution >= 0.6 is 11.6 Å². The van der Waals surface area contributed by atoms with Gasteiger partial charge in [-0.1, -0.05) is 51.1 Å². The van der Waals surface area contributed by atoms with Gasteiger partial charge in [0.2, 0.25) is 17.7 Å². The molecule has 1 heterocycles. The molecule has 14 heteroatoms. The van der Waals surface area contributed by atoms with E-state index in [1.807, 2.05) is 51.1 Å². The Bertz CT molecular complexity index is 1660. The van der Waals surface area contributed by atoms with Gasteiger partial charge in [0.1, 0.15) is 36.1 Å². The van der Waals surface area contributed by atoms with E-state index in [-0.39, 0.29) is 24.9 Å². The van der Waals surface area contributed by atoms with Gasteiger partial charge in [-0.2, -0.15) is 0 Å². The van der Waals surface area contributed by atoms with Crippen molar-refractivity contribution < 1.29 is 42.9 Å². The van der Waals surface area contributed by atoms with Crippen molar-refractivity contribution in [3.8, 4) is 5.75 Å². The third-order valence-corrected chi connectivity index (χ3v) is 10.2. The molecule has 57 heavy (non-hydrogen) atoms. The standard InChI is InChI=1S/C43H63ClN4O9/c1-29(47(8)41(52)57-43(5,6)7)38(49)46-37(42(2,3)4)40(51)48-28-32-26-33(56-25-24-55-23-22-54-21-20-53-19-18-44)17-16-31(32)27-36(48)39(50)45-35-15-11-13-30-12-9-10-14-34(30)35/h9-10,12,14,16-17,26,29,35-37H,11,13,15,18-25,27-28H2,1-8H3,(H,45,50)(H,46,49)/t29-,35?,36-,37+/m0/s1. The van der Waals surface area contributed by atoms with E-state index in [1.54, 1.807) is 32.6 Å². The third kappa shape index (κ3) is 13.6. The van der Waals surface area contributed by atoms with Crippen LogP contribution in [0.3, 0.4) is 0 Å². The predicted molar refractivity (Wildman–Crippen MR) is 218 cm³/mol. The molecule has 1 aliphatic heterocycles. The minimum atomic E-state index is -1.02. The average molecular weight is 815 g/mol. The Morgan fingerprint density at radius 1 is 0.877 bits per heavy atom. The van der Waals surface area contributed by atoms with E-state index in [2.05, 4.69) is 22.8 Å². The summed E-state index contributed by atoms with van der Waals surface area (Å²) in [6.45, 7) is 15.5. The lowest BCUT2D eigenvalue weighted by Crippen LogP contribution is -2.62. The zero-order valence-electron chi connectivity index (χ0n) is 35.0. The molecular weight excluding hydrogens is 752 g/mol. The van der Waals surface area contributed by atoms with Crippen LogP contribution in [-0.2, 0) is 52.7 Å². The van der Waals surface area contributed by atoms with Gasteiger partial charge in [-0.05, 0) is 86.8 Å². The summed E-state index contributed by atoms with van der Waals surface area (Å²) >= 11 is 5.60. The fourth-order valence-corrected chi connectivity index (χ4v) is 6.96. The van der Waals surface area contributed by atoms with Crippen molar-refractivity contribution in [2.24, 2.45) is 5.41 Å². The topological polar surface area (TPSA) is 145 Å². The quantitative estimate of drug-likeness (QED) is 0.146. The molecule has 4 atom stereocenters. The largest absolute Gasteiger partial charge is 0.491 e. The molecule has 1 aliphatic carbocycles. The SMILES string of the molecule is C[C@@H](C(=O)N[C@H](C(=O)N1Cc2cc(OCCOCCOCCOCCCl)ccc2C[C@H]1C(=O)NC1CCCc2ccccc21)C(C)(C)C)N(C)C(=O)OC(C)(C)C. The molecule has 13 nitrogen and oxygen atoms in total. The lowest BCUT2D eigenvalue weighted by Gasteiger charge is -2.42. The molecule has 4 rings (SSSR count). The van der Waals surface area contributed by atoms with Crippen LogP contribution in [0.15, 0.2) is 42.5 Å². The normalized spacial score (nSPS) is 17.7. The summed E-state index contributed by atoms with van der Waals surface area (Å²) in [5.41, 5.74) is 2.58. The van der Waals surface area contributed by atoms with Gasteiger partial charge in [0.05, 0.1) is 45.7 Å². The van der Waals surface area contributed by atoms with Crippen molar-refractivity contribution in [1.29, 1.82) is 0 Å². The summed E-state index contributed by atoms with van der Waals surface area (Å²) in [4.78, 5) is 58.5. The monoisotopic (exact) mass is 814 g/mol. The van der Waals surface area contributed by atoms with Crippen LogP contribution in [0.1, 0.15) is 89.6 Å². The number of hydrogen-bond donors (Lipinski definition) is 2. The highest BCUT2D eigenvalue weighted by atomic mass is 35.5. The summed E-state index contributed by atoms with van der Waals surface area (Å²) in [6, 6.07) is 10.9. The number of ether oxygens (including phenoxy) is 5.